The van der Waals surface area contributed by atoms with Gasteiger partial charge in [-0.2, -0.15) is 0 Å². The van der Waals surface area contributed by atoms with Crippen molar-refractivity contribution < 1.29 is 0 Å². The fourth-order valence-electron chi connectivity index (χ4n) is 2.30. The van der Waals surface area contributed by atoms with Gasteiger partial charge in [0.2, 0.25) is 0 Å². The Morgan fingerprint density at radius 1 is 1.33 bits per heavy atom. The van der Waals surface area contributed by atoms with Crippen LogP contribution >= 0.6 is 0 Å². The summed E-state index contributed by atoms with van der Waals surface area (Å²) in [6.45, 7) is 9.51. The second kappa shape index (κ2) is 8.22. The smallest absolute Gasteiger partial charge is 0.0547 e. The lowest BCUT2D eigenvalue weighted by molar-refractivity contribution is 0.272. The van der Waals surface area contributed by atoms with E-state index in [0.29, 0.717) is 6.04 Å². The first-order chi connectivity index (χ1) is 8.65. The highest BCUT2D eigenvalue weighted by molar-refractivity contribution is 5.09. The molecule has 1 atom stereocenters. The number of likely N-dealkylation sites (N-methyl/N-ethyl adjacent to an activating group) is 2. The average molecular weight is 249 g/mol. The Morgan fingerprint density at radius 2 is 2.11 bits per heavy atom. The van der Waals surface area contributed by atoms with Crippen molar-refractivity contribution in [3.05, 3.63) is 29.6 Å². The molecule has 0 spiro atoms. The molecule has 0 aliphatic rings. The van der Waals surface area contributed by atoms with Crippen LogP contribution < -0.4 is 5.32 Å². The Kier molecular flexibility index (Phi) is 6.91. The summed E-state index contributed by atoms with van der Waals surface area (Å²) in [7, 11) is 2.17. The molecule has 0 radical (unpaired) electrons. The lowest BCUT2D eigenvalue weighted by Crippen LogP contribution is -2.39. The summed E-state index contributed by atoms with van der Waals surface area (Å²) in [5.74, 6) is 0. The van der Waals surface area contributed by atoms with Crippen molar-refractivity contribution >= 4 is 0 Å². The first-order valence-electron chi connectivity index (χ1n) is 7.00. The van der Waals surface area contributed by atoms with E-state index in [0.717, 1.165) is 31.0 Å². The summed E-state index contributed by atoms with van der Waals surface area (Å²) in [6, 6.07) is 6.82. The number of aromatic nitrogens is 1. The fourth-order valence-corrected chi connectivity index (χ4v) is 2.30. The quantitative estimate of drug-likeness (QED) is 0.767. The number of nitrogens with one attached hydrogen (secondary N) is 1. The van der Waals surface area contributed by atoms with E-state index >= 15 is 0 Å². The minimum absolute atomic E-state index is 0.592. The molecule has 0 saturated carbocycles. The molecule has 1 N–H and O–H groups in total. The van der Waals surface area contributed by atoms with E-state index in [1.807, 2.05) is 13.0 Å². The SMILES string of the molecule is CCCC(CN(C)Cc1cccc(C)n1)NCC. The molecule has 0 aliphatic heterocycles. The molecule has 0 fully saturated rings. The van der Waals surface area contributed by atoms with Crippen LogP contribution in [-0.4, -0.2) is 36.1 Å². The molecule has 1 rings (SSSR count). The average Bonchev–Trinajstić information content (AvgIpc) is 2.29. The third kappa shape index (κ3) is 5.61. The number of nitrogens with zero attached hydrogens (tertiary/aromatic N) is 2. The first kappa shape index (κ1) is 15.1. The molecule has 1 aromatic heterocycles. The molecule has 102 valence electrons. The molecule has 0 aliphatic carbocycles. The highest BCUT2D eigenvalue weighted by Crippen LogP contribution is 2.04. The van der Waals surface area contributed by atoms with Gasteiger partial charge in [-0.25, -0.2) is 0 Å². The molecule has 0 bridgehead atoms. The zero-order chi connectivity index (χ0) is 13.4. The van der Waals surface area contributed by atoms with Crippen LogP contribution in [0.4, 0.5) is 0 Å². The number of hydrogen-bond donors (Lipinski definition) is 1. The van der Waals surface area contributed by atoms with Crippen LogP contribution in [0, 0.1) is 6.92 Å². The minimum atomic E-state index is 0.592. The van der Waals surface area contributed by atoms with Crippen molar-refractivity contribution in [2.24, 2.45) is 0 Å². The van der Waals surface area contributed by atoms with Crippen LogP contribution in [0.25, 0.3) is 0 Å². The van der Waals surface area contributed by atoms with Gasteiger partial charge in [0.25, 0.3) is 0 Å². The van der Waals surface area contributed by atoms with E-state index in [2.05, 4.69) is 48.2 Å². The Hall–Kier alpha value is -0.930. The van der Waals surface area contributed by atoms with Gasteiger partial charge in [-0.05, 0) is 39.1 Å². The van der Waals surface area contributed by atoms with Gasteiger partial charge < -0.3 is 5.32 Å². The van der Waals surface area contributed by atoms with Crippen LogP contribution in [0.3, 0.4) is 0 Å². The zero-order valence-electron chi connectivity index (χ0n) is 12.2. The van der Waals surface area contributed by atoms with Crippen LogP contribution in [0.5, 0.6) is 0 Å². The molecule has 1 unspecified atom stereocenters. The van der Waals surface area contributed by atoms with E-state index in [1.54, 1.807) is 0 Å². The second-order valence-corrected chi connectivity index (χ2v) is 5.01. The standard InChI is InChI=1S/C15H27N3/c1-5-8-14(16-6-2)11-18(4)12-15-10-7-9-13(3)17-15/h7,9-10,14,16H,5-6,8,11-12H2,1-4H3. The topological polar surface area (TPSA) is 28.2 Å². The van der Waals surface area contributed by atoms with E-state index in [4.69, 9.17) is 0 Å². The Balaban J connectivity index is 2.46. The third-order valence-corrected chi connectivity index (χ3v) is 3.04. The summed E-state index contributed by atoms with van der Waals surface area (Å²) in [5.41, 5.74) is 2.25. The molecular formula is C15H27N3. The van der Waals surface area contributed by atoms with E-state index in [9.17, 15) is 0 Å². The van der Waals surface area contributed by atoms with E-state index < -0.39 is 0 Å². The van der Waals surface area contributed by atoms with Crippen molar-refractivity contribution in [3.63, 3.8) is 0 Å². The number of aryl methyl sites for hydroxylation is 1. The molecule has 1 aromatic rings. The third-order valence-electron chi connectivity index (χ3n) is 3.04. The summed E-state index contributed by atoms with van der Waals surface area (Å²) in [5, 5.41) is 3.55. The maximum absolute atomic E-state index is 4.55. The first-order valence-corrected chi connectivity index (χ1v) is 7.00. The highest BCUT2D eigenvalue weighted by Gasteiger charge is 2.10. The number of hydrogen-bond acceptors (Lipinski definition) is 3. The van der Waals surface area contributed by atoms with Gasteiger partial charge in [0, 0.05) is 24.8 Å². The zero-order valence-corrected chi connectivity index (χ0v) is 12.2. The van der Waals surface area contributed by atoms with Gasteiger partial charge in [0.15, 0.2) is 0 Å². The molecular weight excluding hydrogens is 222 g/mol. The van der Waals surface area contributed by atoms with Crippen molar-refractivity contribution in [1.29, 1.82) is 0 Å². The minimum Gasteiger partial charge on any atom is -0.313 e. The Morgan fingerprint density at radius 3 is 2.72 bits per heavy atom. The summed E-state index contributed by atoms with van der Waals surface area (Å²) >= 11 is 0. The van der Waals surface area contributed by atoms with Crippen LogP contribution in [0.1, 0.15) is 38.1 Å². The van der Waals surface area contributed by atoms with Crippen LogP contribution in [-0.2, 0) is 6.54 Å². The van der Waals surface area contributed by atoms with Gasteiger partial charge in [0.1, 0.15) is 0 Å². The predicted octanol–water partition coefficient (Wildman–Crippen LogP) is 2.60. The molecule has 1 heterocycles. The molecule has 3 nitrogen and oxygen atoms in total. The van der Waals surface area contributed by atoms with Crippen molar-refractivity contribution in [2.75, 3.05) is 20.1 Å². The monoisotopic (exact) mass is 249 g/mol. The van der Waals surface area contributed by atoms with Crippen LogP contribution in [0.2, 0.25) is 0 Å². The van der Waals surface area contributed by atoms with Crippen molar-refractivity contribution in [3.8, 4) is 0 Å². The Bertz CT molecular complexity index is 332. The largest absolute Gasteiger partial charge is 0.313 e. The lowest BCUT2D eigenvalue weighted by atomic mass is 10.1. The lowest BCUT2D eigenvalue weighted by Gasteiger charge is -2.24. The fraction of sp³-hybridized carbons (Fsp3) is 0.667. The van der Waals surface area contributed by atoms with Gasteiger partial charge in [-0.15, -0.1) is 0 Å². The second-order valence-electron chi connectivity index (χ2n) is 5.01. The predicted molar refractivity (Wildman–Crippen MR) is 77.7 cm³/mol. The number of rotatable bonds is 8. The molecule has 0 amide bonds. The molecule has 0 aromatic carbocycles. The molecule has 3 heteroatoms. The van der Waals surface area contributed by atoms with Crippen LogP contribution in [0.15, 0.2) is 18.2 Å². The van der Waals surface area contributed by atoms with Gasteiger partial charge in [-0.1, -0.05) is 26.3 Å². The number of pyridine rings is 1. The van der Waals surface area contributed by atoms with E-state index in [1.165, 1.54) is 12.8 Å². The highest BCUT2D eigenvalue weighted by atomic mass is 15.1. The maximum atomic E-state index is 4.55. The summed E-state index contributed by atoms with van der Waals surface area (Å²) in [6.07, 6.45) is 2.47. The normalized spacial score (nSPS) is 12.9. The van der Waals surface area contributed by atoms with Gasteiger partial charge in [0.05, 0.1) is 5.69 Å². The maximum Gasteiger partial charge on any atom is 0.0547 e. The van der Waals surface area contributed by atoms with E-state index in [-0.39, 0.29) is 0 Å². The van der Waals surface area contributed by atoms with Gasteiger partial charge in [-0.3, -0.25) is 9.88 Å². The summed E-state index contributed by atoms with van der Waals surface area (Å²) < 4.78 is 0. The molecule has 18 heavy (non-hydrogen) atoms. The van der Waals surface area contributed by atoms with Crippen molar-refractivity contribution in [1.82, 2.24) is 15.2 Å². The summed E-state index contributed by atoms with van der Waals surface area (Å²) in [4.78, 5) is 6.90. The van der Waals surface area contributed by atoms with Gasteiger partial charge >= 0.3 is 0 Å². The van der Waals surface area contributed by atoms with Crippen molar-refractivity contribution in [2.45, 2.75) is 46.2 Å². The Labute approximate surface area is 112 Å². The molecule has 0 saturated heterocycles.